The minimum atomic E-state index is -3.30. The zero-order chi connectivity index (χ0) is 17.8. The van der Waals surface area contributed by atoms with Gasteiger partial charge >= 0.3 is 0 Å². The number of carbonyl (C=O) groups excluding carboxylic acids is 1. The Kier molecular flexibility index (Phi) is 4.03. The number of hydrogen-bond acceptors (Lipinski definition) is 4. The second kappa shape index (κ2) is 5.99. The Morgan fingerprint density at radius 3 is 2.76 bits per heavy atom. The number of nitrogens with zero attached hydrogens (tertiary/aromatic N) is 2. The number of ether oxygens (including phenoxy) is 1. The van der Waals surface area contributed by atoms with Crippen LogP contribution < -0.4 is 4.74 Å². The molecule has 3 aliphatic heterocycles. The lowest BCUT2D eigenvalue weighted by Gasteiger charge is -2.50. The monoisotopic (exact) mass is 364 g/mol. The first-order chi connectivity index (χ1) is 11.9. The summed E-state index contributed by atoms with van der Waals surface area (Å²) in [5.41, 5.74) is 2.34. The maximum Gasteiger partial charge on any atom is 0.227 e. The molecule has 3 atom stereocenters. The van der Waals surface area contributed by atoms with Gasteiger partial charge in [-0.25, -0.2) is 8.42 Å². The van der Waals surface area contributed by atoms with Gasteiger partial charge < -0.3 is 9.64 Å². The molecule has 6 nitrogen and oxygen atoms in total. The number of rotatable bonds is 2. The highest BCUT2D eigenvalue weighted by atomic mass is 32.2. The SMILES string of the molecule is COc1ccc2c(c1)CCN1C(=O)[C@@H]3CCCN(S(C)(=O)=O)[C@@H]3C[C@H]21. The van der Waals surface area contributed by atoms with Crippen LogP contribution in [0.5, 0.6) is 5.75 Å². The van der Waals surface area contributed by atoms with Crippen molar-refractivity contribution in [3.8, 4) is 5.75 Å². The van der Waals surface area contributed by atoms with E-state index in [4.69, 9.17) is 4.74 Å². The van der Waals surface area contributed by atoms with Gasteiger partial charge in [0, 0.05) is 19.1 Å². The van der Waals surface area contributed by atoms with E-state index in [9.17, 15) is 13.2 Å². The van der Waals surface area contributed by atoms with E-state index in [1.54, 1.807) is 11.4 Å². The first kappa shape index (κ1) is 16.8. The van der Waals surface area contributed by atoms with E-state index in [2.05, 4.69) is 0 Å². The molecule has 1 aromatic rings. The molecule has 1 amide bonds. The molecule has 2 saturated heterocycles. The Balaban J connectivity index is 1.72. The van der Waals surface area contributed by atoms with Crippen molar-refractivity contribution in [1.82, 2.24) is 9.21 Å². The Hall–Kier alpha value is -1.60. The Bertz CT molecular complexity index is 807. The maximum absolute atomic E-state index is 13.1. The first-order valence-corrected chi connectivity index (χ1v) is 10.7. The normalized spacial score (nSPS) is 29.6. The van der Waals surface area contributed by atoms with E-state index >= 15 is 0 Å². The van der Waals surface area contributed by atoms with Gasteiger partial charge in [0.15, 0.2) is 0 Å². The summed E-state index contributed by atoms with van der Waals surface area (Å²) >= 11 is 0. The van der Waals surface area contributed by atoms with Crippen molar-refractivity contribution in [3.05, 3.63) is 29.3 Å². The Morgan fingerprint density at radius 2 is 2.04 bits per heavy atom. The van der Waals surface area contributed by atoms with Gasteiger partial charge in [0.05, 0.1) is 25.3 Å². The maximum atomic E-state index is 13.1. The third-order valence-electron chi connectivity index (χ3n) is 5.93. The van der Waals surface area contributed by atoms with Gasteiger partial charge in [-0.05, 0) is 48.9 Å². The molecular weight excluding hydrogens is 340 g/mol. The second-order valence-electron chi connectivity index (χ2n) is 7.29. The summed E-state index contributed by atoms with van der Waals surface area (Å²) < 4.78 is 31.3. The highest BCUT2D eigenvalue weighted by Gasteiger charge is 2.49. The molecule has 0 radical (unpaired) electrons. The van der Waals surface area contributed by atoms with E-state index < -0.39 is 10.0 Å². The van der Waals surface area contributed by atoms with Crippen LogP contribution in [0.25, 0.3) is 0 Å². The molecule has 1 aromatic carbocycles. The molecule has 0 aliphatic carbocycles. The van der Waals surface area contributed by atoms with Crippen LogP contribution in [0.2, 0.25) is 0 Å². The lowest BCUT2D eigenvalue weighted by molar-refractivity contribution is -0.147. The van der Waals surface area contributed by atoms with Crippen LogP contribution in [-0.4, -0.2) is 56.0 Å². The zero-order valence-electron chi connectivity index (χ0n) is 14.6. The van der Waals surface area contributed by atoms with Gasteiger partial charge in [0.1, 0.15) is 5.75 Å². The molecule has 0 bridgehead atoms. The summed E-state index contributed by atoms with van der Waals surface area (Å²) in [4.78, 5) is 15.1. The smallest absolute Gasteiger partial charge is 0.227 e. The van der Waals surface area contributed by atoms with E-state index in [1.165, 1.54) is 11.8 Å². The number of amides is 1. The van der Waals surface area contributed by atoms with Gasteiger partial charge in [0.2, 0.25) is 15.9 Å². The molecule has 136 valence electrons. The number of methoxy groups -OCH3 is 1. The van der Waals surface area contributed by atoms with Gasteiger partial charge in [-0.2, -0.15) is 4.31 Å². The molecule has 3 aliphatic rings. The largest absolute Gasteiger partial charge is 0.497 e. The topological polar surface area (TPSA) is 66.9 Å². The van der Waals surface area contributed by atoms with Crippen LogP contribution in [0.4, 0.5) is 0 Å². The number of piperidine rings is 2. The number of benzene rings is 1. The number of fused-ring (bicyclic) bond motifs is 4. The highest BCUT2D eigenvalue weighted by Crippen LogP contribution is 2.44. The number of hydrogen-bond donors (Lipinski definition) is 0. The standard InChI is InChI=1S/C18H24N2O4S/c1-24-13-5-6-14-12(10-13)7-9-19-16(14)11-17-15(18(19)21)4-3-8-20(17)25(2,22)23/h5-6,10,15-17H,3-4,7-9,11H2,1-2H3/t15-,16-,17-/m1/s1. The molecule has 0 saturated carbocycles. The molecule has 3 heterocycles. The number of sulfonamides is 1. The van der Waals surface area contributed by atoms with Crippen molar-refractivity contribution < 1.29 is 17.9 Å². The Morgan fingerprint density at radius 1 is 1.24 bits per heavy atom. The van der Waals surface area contributed by atoms with Crippen LogP contribution in [-0.2, 0) is 21.2 Å². The molecule has 0 spiro atoms. The average molecular weight is 364 g/mol. The molecule has 2 fully saturated rings. The molecule has 25 heavy (non-hydrogen) atoms. The minimum absolute atomic E-state index is 0.0363. The summed E-state index contributed by atoms with van der Waals surface area (Å²) in [6, 6.07) is 5.75. The van der Waals surface area contributed by atoms with Crippen molar-refractivity contribution in [3.63, 3.8) is 0 Å². The predicted molar refractivity (Wildman–Crippen MR) is 93.8 cm³/mol. The van der Waals surface area contributed by atoms with Crippen LogP contribution in [0.3, 0.4) is 0 Å². The van der Waals surface area contributed by atoms with E-state index in [0.717, 1.165) is 30.6 Å². The summed E-state index contributed by atoms with van der Waals surface area (Å²) in [6.45, 7) is 1.22. The van der Waals surface area contributed by atoms with E-state index in [-0.39, 0.29) is 23.9 Å². The Labute approximate surface area is 148 Å². The fourth-order valence-electron chi connectivity index (χ4n) is 4.78. The van der Waals surface area contributed by atoms with Gasteiger partial charge in [-0.1, -0.05) is 6.07 Å². The van der Waals surface area contributed by atoms with E-state index in [0.29, 0.717) is 19.5 Å². The van der Waals surface area contributed by atoms with Crippen LogP contribution in [0.1, 0.15) is 36.4 Å². The predicted octanol–water partition coefficient (Wildman–Crippen LogP) is 1.56. The third kappa shape index (κ3) is 2.73. The lowest BCUT2D eigenvalue weighted by Crippen LogP contribution is -2.59. The minimum Gasteiger partial charge on any atom is -0.497 e. The highest BCUT2D eigenvalue weighted by molar-refractivity contribution is 7.88. The number of carbonyl (C=O) groups is 1. The summed E-state index contributed by atoms with van der Waals surface area (Å²) in [5, 5.41) is 0. The van der Waals surface area contributed by atoms with Crippen LogP contribution >= 0.6 is 0 Å². The zero-order valence-corrected chi connectivity index (χ0v) is 15.5. The van der Waals surface area contributed by atoms with Crippen molar-refractivity contribution in [1.29, 1.82) is 0 Å². The van der Waals surface area contributed by atoms with Crippen molar-refractivity contribution >= 4 is 15.9 Å². The van der Waals surface area contributed by atoms with Crippen molar-refractivity contribution in [2.24, 2.45) is 5.92 Å². The molecule has 0 unspecified atom stereocenters. The van der Waals surface area contributed by atoms with Gasteiger partial charge in [-0.15, -0.1) is 0 Å². The van der Waals surface area contributed by atoms with Gasteiger partial charge in [-0.3, -0.25) is 4.79 Å². The molecule has 0 aromatic heterocycles. The molecule has 7 heteroatoms. The fourth-order valence-corrected chi connectivity index (χ4v) is 5.97. The molecular formula is C18H24N2O4S. The summed E-state index contributed by atoms with van der Waals surface area (Å²) in [7, 11) is -1.65. The molecule has 0 N–H and O–H groups in total. The van der Waals surface area contributed by atoms with Crippen LogP contribution in [0.15, 0.2) is 18.2 Å². The molecule has 4 rings (SSSR count). The second-order valence-corrected chi connectivity index (χ2v) is 9.22. The summed E-state index contributed by atoms with van der Waals surface area (Å²) in [5.74, 6) is 0.748. The van der Waals surface area contributed by atoms with E-state index in [1.807, 2.05) is 23.1 Å². The third-order valence-corrected chi connectivity index (χ3v) is 7.23. The van der Waals surface area contributed by atoms with Crippen LogP contribution in [0, 0.1) is 5.92 Å². The summed E-state index contributed by atoms with van der Waals surface area (Å²) in [6.07, 6.45) is 4.30. The van der Waals surface area contributed by atoms with Crippen molar-refractivity contribution in [2.75, 3.05) is 26.5 Å². The quantitative estimate of drug-likeness (QED) is 0.799. The average Bonchev–Trinajstić information content (AvgIpc) is 2.60. The van der Waals surface area contributed by atoms with Crippen molar-refractivity contribution in [2.45, 2.75) is 37.8 Å². The fraction of sp³-hybridized carbons (Fsp3) is 0.611. The lowest BCUT2D eigenvalue weighted by atomic mass is 9.77. The first-order valence-electron chi connectivity index (χ1n) is 8.84. The van der Waals surface area contributed by atoms with Gasteiger partial charge in [0.25, 0.3) is 0 Å².